The number of rotatable bonds is 5. The van der Waals surface area contributed by atoms with Crippen molar-refractivity contribution in [3.63, 3.8) is 0 Å². The number of carbonyl (C=O) groups excluding carboxylic acids is 1. The molecule has 2 heterocycles. The van der Waals surface area contributed by atoms with Crippen molar-refractivity contribution in [1.82, 2.24) is 9.88 Å². The van der Waals surface area contributed by atoms with Crippen LogP contribution in [0, 0.1) is 5.82 Å². The number of hydrogen-bond donors (Lipinski definition) is 0. The van der Waals surface area contributed by atoms with Crippen molar-refractivity contribution < 1.29 is 48.7 Å². The van der Waals surface area contributed by atoms with Gasteiger partial charge in [-0.05, 0) is 31.2 Å². The summed E-state index contributed by atoms with van der Waals surface area (Å²) in [4.78, 5) is 18.9. The maximum atomic E-state index is 14.3. The largest absolute Gasteiger partial charge is 0.480 e. The van der Waals surface area contributed by atoms with E-state index in [4.69, 9.17) is 4.74 Å². The van der Waals surface area contributed by atoms with Crippen LogP contribution in [0.1, 0.15) is 22.8 Å². The molecule has 1 atom stereocenters. The Kier molecular flexibility index (Phi) is 7.44. The van der Waals surface area contributed by atoms with E-state index in [0.29, 0.717) is 12.3 Å². The molecule has 0 radical (unpaired) electrons. The Morgan fingerprint density at radius 1 is 1.06 bits per heavy atom. The van der Waals surface area contributed by atoms with Crippen LogP contribution in [0.25, 0.3) is 0 Å². The molecule has 0 N–H and O–H groups in total. The third-order valence-corrected chi connectivity index (χ3v) is 6.50. The van der Waals surface area contributed by atoms with Crippen LogP contribution < -0.4 is 9.64 Å². The molecular weight excluding hydrogens is 523 g/mol. The summed E-state index contributed by atoms with van der Waals surface area (Å²) >= 11 is 0. The molecule has 0 saturated carbocycles. The standard InChI is InChI=1S/C21H20F7N3O4S/c1-12(20(23,24)25)35-17-4-3-14(36(2,33)34)10-15(17)19(32)31-7-5-30(6-8-31)18-16(22)9-13(11-29-18)21(26,27)28/h3-4,9-12H,5-8H2,1-2H3/t12-/m0/s1. The van der Waals surface area contributed by atoms with Crippen LogP contribution in [0.2, 0.25) is 0 Å². The van der Waals surface area contributed by atoms with Crippen LogP contribution >= 0.6 is 0 Å². The van der Waals surface area contributed by atoms with Crippen molar-refractivity contribution in [3.05, 3.63) is 47.4 Å². The number of hydrogen-bond acceptors (Lipinski definition) is 6. The molecule has 1 saturated heterocycles. The maximum absolute atomic E-state index is 14.3. The second-order valence-corrected chi connectivity index (χ2v) is 10.1. The highest BCUT2D eigenvalue weighted by Gasteiger charge is 2.39. The highest BCUT2D eigenvalue weighted by molar-refractivity contribution is 7.90. The Bertz CT molecular complexity index is 1240. The fourth-order valence-corrected chi connectivity index (χ4v) is 4.02. The van der Waals surface area contributed by atoms with Crippen molar-refractivity contribution >= 4 is 21.6 Å². The number of pyridine rings is 1. The van der Waals surface area contributed by atoms with Crippen LogP contribution in [0.3, 0.4) is 0 Å². The van der Waals surface area contributed by atoms with Gasteiger partial charge in [0.05, 0.1) is 16.0 Å². The first-order valence-electron chi connectivity index (χ1n) is 10.3. The Balaban J connectivity index is 1.82. The van der Waals surface area contributed by atoms with Gasteiger partial charge in [-0.25, -0.2) is 17.8 Å². The van der Waals surface area contributed by atoms with Crippen LogP contribution in [0.15, 0.2) is 35.4 Å². The minimum atomic E-state index is -4.78. The van der Waals surface area contributed by atoms with Gasteiger partial charge in [-0.1, -0.05) is 0 Å². The van der Waals surface area contributed by atoms with Crippen molar-refractivity contribution in [2.24, 2.45) is 0 Å². The predicted octanol–water partition coefficient (Wildman–Crippen LogP) is 3.94. The van der Waals surface area contributed by atoms with Crippen LogP contribution in [0.4, 0.5) is 36.6 Å². The first kappa shape index (κ1) is 27.5. The first-order chi connectivity index (χ1) is 16.5. The number of piperazine rings is 1. The lowest BCUT2D eigenvalue weighted by Gasteiger charge is -2.36. The molecule has 1 fully saturated rings. The SMILES string of the molecule is C[C@H](Oc1ccc(S(C)(=O)=O)cc1C(=O)N1CCN(c2ncc(C(F)(F)F)cc2F)CC1)C(F)(F)F. The van der Waals surface area contributed by atoms with Crippen molar-refractivity contribution in [3.8, 4) is 5.75 Å². The average molecular weight is 543 g/mol. The van der Waals surface area contributed by atoms with Gasteiger partial charge in [-0.3, -0.25) is 4.79 Å². The zero-order chi connectivity index (χ0) is 27.1. The molecule has 36 heavy (non-hydrogen) atoms. The fourth-order valence-electron chi connectivity index (χ4n) is 3.38. The number of amides is 1. The summed E-state index contributed by atoms with van der Waals surface area (Å²) in [5, 5.41) is 0. The van der Waals surface area contributed by atoms with E-state index in [0.717, 1.165) is 31.4 Å². The molecule has 2 aromatic rings. The van der Waals surface area contributed by atoms with Crippen molar-refractivity contribution in [1.29, 1.82) is 0 Å². The molecule has 1 aromatic heterocycles. The number of carbonyl (C=O) groups is 1. The predicted molar refractivity (Wildman–Crippen MR) is 113 cm³/mol. The topological polar surface area (TPSA) is 79.8 Å². The number of sulfone groups is 1. The molecule has 15 heteroatoms. The molecule has 0 unspecified atom stereocenters. The quantitative estimate of drug-likeness (QED) is 0.532. The van der Waals surface area contributed by atoms with Crippen LogP contribution in [-0.2, 0) is 16.0 Å². The third kappa shape index (κ3) is 6.17. The maximum Gasteiger partial charge on any atom is 0.425 e. The van der Waals surface area contributed by atoms with Gasteiger partial charge in [-0.15, -0.1) is 0 Å². The molecule has 3 rings (SSSR count). The molecular formula is C21H20F7N3O4S. The zero-order valence-electron chi connectivity index (χ0n) is 18.8. The number of ether oxygens (including phenoxy) is 1. The summed E-state index contributed by atoms with van der Waals surface area (Å²) in [6.07, 6.45) is -10.5. The summed E-state index contributed by atoms with van der Waals surface area (Å²) in [5.41, 5.74) is -1.68. The summed E-state index contributed by atoms with van der Waals surface area (Å²) < 4.78 is 120. The number of aromatic nitrogens is 1. The molecule has 198 valence electrons. The van der Waals surface area contributed by atoms with E-state index in [1.807, 2.05) is 0 Å². The Morgan fingerprint density at radius 2 is 1.67 bits per heavy atom. The van der Waals surface area contributed by atoms with Gasteiger partial charge in [0, 0.05) is 38.6 Å². The lowest BCUT2D eigenvalue weighted by molar-refractivity contribution is -0.189. The fraction of sp³-hybridized carbons (Fsp3) is 0.429. The smallest absolute Gasteiger partial charge is 0.425 e. The monoisotopic (exact) mass is 543 g/mol. The van der Waals surface area contributed by atoms with Gasteiger partial charge in [0.15, 0.2) is 27.6 Å². The third-order valence-electron chi connectivity index (χ3n) is 5.39. The van der Waals surface area contributed by atoms with E-state index >= 15 is 0 Å². The van der Waals surface area contributed by atoms with Crippen molar-refractivity contribution in [2.45, 2.75) is 30.3 Å². The minimum absolute atomic E-state index is 0.0536. The molecule has 0 spiro atoms. The number of nitrogens with zero attached hydrogens (tertiary/aromatic N) is 3. The van der Waals surface area contributed by atoms with Gasteiger partial charge >= 0.3 is 12.4 Å². The first-order valence-corrected chi connectivity index (χ1v) is 12.2. The average Bonchev–Trinajstić information content (AvgIpc) is 2.77. The molecule has 1 aliphatic rings. The van der Waals surface area contributed by atoms with E-state index in [1.54, 1.807) is 0 Å². The van der Waals surface area contributed by atoms with Gasteiger partial charge < -0.3 is 14.5 Å². The normalized spacial score (nSPS) is 16.1. The highest BCUT2D eigenvalue weighted by atomic mass is 32.2. The Morgan fingerprint density at radius 3 is 2.17 bits per heavy atom. The second kappa shape index (κ2) is 9.75. The number of halogens is 7. The lowest BCUT2D eigenvalue weighted by Crippen LogP contribution is -2.49. The molecule has 0 aliphatic carbocycles. The van der Waals surface area contributed by atoms with E-state index in [-0.39, 0.29) is 36.9 Å². The summed E-state index contributed by atoms with van der Waals surface area (Å²) in [7, 11) is -3.81. The van der Waals surface area contributed by atoms with Crippen LogP contribution in [-0.4, -0.2) is 68.9 Å². The van der Waals surface area contributed by atoms with Gasteiger partial charge in [0.2, 0.25) is 0 Å². The van der Waals surface area contributed by atoms with E-state index < -0.39 is 56.9 Å². The second-order valence-electron chi connectivity index (χ2n) is 8.04. The molecule has 1 aliphatic heterocycles. The lowest BCUT2D eigenvalue weighted by atomic mass is 10.1. The number of benzene rings is 1. The Labute approximate surface area is 201 Å². The summed E-state index contributed by atoms with van der Waals surface area (Å²) in [5.74, 6) is -2.86. The van der Waals surface area contributed by atoms with Crippen LogP contribution in [0.5, 0.6) is 5.75 Å². The Hall–Kier alpha value is -3.10. The van der Waals surface area contributed by atoms with Gasteiger partial charge in [0.1, 0.15) is 5.75 Å². The van der Waals surface area contributed by atoms with E-state index in [9.17, 15) is 43.9 Å². The van der Waals surface area contributed by atoms with E-state index in [1.165, 1.54) is 9.80 Å². The van der Waals surface area contributed by atoms with Gasteiger partial charge in [0.25, 0.3) is 5.91 Å². The van der Waals surface area contributed by atoms with E-state index in [2.05, 4.69) is 4.98 Å². The zero-order valence-corrected chi connectivity index (χ0v) is 19.6. The number of alkyl halides is 6. The molecule has 0 bridgehead atoms. The summed E-state index contributed by atoms with van der Waals surface area (Å²) in [6, 6.07) is 3.20. The highest BCUT2D eigenvalue weighted by Crippen LogP contribution is 2.32. The summed E-state index contributed by atoms with van der Waals surface area (Å²) in [6.45, 7) is 0.420. The molecule has 1 amide bonds. The number of anilines is 1. The molecule has 1 aromatic carbocycles. The minimum Gasteiger partial charge on any atom is -0.480 e. The molecule has 7 nitrogen and oxygen atoms in total. The van der Waals surface area contributed by atoms with Crippen molar-refractivity contribution in [2.75, 3.05) is 37.3 Å². The van der Waals surface area contributed by atoms with Gasteiger partial charge in [-0.2, -0.15) is 26.3 Å².